The molecule has 2 heteroatoms. The second-order valence-corrected chi connectivity index (χ2v) is 7.84. The summed E-state index contributed by atoms with van der Waals surface area (Å²) in [5, 5.41) is 0. The van der Waals surface area contributed by atoms with E-state index in [9.17, 15) is 0 Å². The summed E-state index contributed by atoms with van der Waals surface area (Å²) < 4.78 is 5.53. The fourth-order valence-electron chi connectivity index (χ4n) is 2.98. The van der Waals surface area contributed by atoms with Gasteiger partial charge < -0.3 is 4.74 Å². The van der Waals surface area contributed by atoms with Crippen LogP contribution in [-0.2, 0) is 0 Å². The SMILES string of the molecule is COc1c(C)cc([SH](c2ccccc2)c2ccccc2)cc1C. The predicted octanol–water partition coefficient (Wildman–Crippen LogP) is 5.79. The molecule has 1 nitrogen and oxygen atoms in total. The first-order valence-electron chi connectivity index (χ1n) is 7.76. The van der Waals surface area contributed by atoms with E-state index in [-0.39, 0.29) is 0 Å². The summed E-state index contributed by atoms with van der Waals surface area (Å²) in [4.78, 5) is 4.11. The lowest BCUT2D eigenvalue weighted by Crippen LogP contribution is -1.94. The molecule has 118 valence electrons. The molecular formula is C21H22OS. The third-order valence-electron chi connectivity index (χ3n) is 3.94. The third-order valence-corrected chi connectivity index (χ3v) is 6.34. The Balaban J connectivity index is 2.17. The Labute approximate surface area is 141 Å². The monoisotopic (exact) mass is 322 g/mol. The Morgan fingerprint density at radius 2 is 1.09 bits per heavy atom. The van der Waals surface area contributed by atoms with Crippen LogP contribution in [0.15, 0.2) is 87.5 Å². The molecule has 23 heavy (non-hydrogen) atoms. The van der Waals surface area contributed by atoms with Crippen LogP contribution < -0.4 is 4.74 Å². The topological polar surface area (TPSA) is 9.23 Å². The van der Waals surface area contributed by atoms with Gasteiger partial charge in [-0.3, -0.25) is 0 Å². The van der Waals surface area contributed by atoms with Crippen LogP contribution in [0.1, 0.15) is 11.1 Å². The van der Waals surface area contributed by atoms with Gasteiger partial charge in [0.2, 0.25) is 0 Å². The Kier molecular flexibility index (Phi) is 4.73. The van der Waals surface area contributed by atoms with E-state index in [2.05, 4.69) is 86.6 Å². The number of hydrogen-bond donors (Lipinski definition) is 1. The molecule has 0 heterocycles. The zero-order valence-electron chi connectivity index (χ0n) is 13.8. The van der Waals surface area contributed by atoms with E-state index >= 15 is 0 Å². The molecule has 0 saturated carbocycles. The molecule has 0 N–H and O–H groups in total. The molecule has 3 rings (SSSR count). The molecule has 0 amide bonds. The van der Waals surface area contributed by atoms with Crippen molar-refractivity contribution in [2.24, 2.45) is 0 Å². The molecule has 0 saturated heterocycles. The van der Waals surface area contributed by atoms with Gasteiger partial charge in [0.25, 0.3) is 0 Å². The molecule has 0 bridgehead atoms. The van der Waals surface area contributed by atoms with Gasteiger partial charge in [0.05, 0.1) is 7.11 Å². The Morgan fingerprint density at radius 3 is 1.48 bits per heavy atom. The highest BCUT2D eigenvalue weighted by Crippen LogP contribution is 2.52. The van der Waals surface area contributed by atoms with Crippen molar-refractivity contribution in [1.82, 2.24) is 0 Å². The third kappa shape index (κ3) is 3.27. The summed E-state index contributed by atoms with van der Waals surface area (Å²) >= 11 is 0. The van der Waals surface area contributed by atoms with Crippen LogP contribution in [0.4, 0.5) is 0 Å². The zero-order chi connectivity index (χ0) is 16.2. The average molecular weight is 322 g/mol. The molecule has 3 aromatic carbocycles. The molecule has 0 aliphatic heterocycles. The zero-order valence-corrected chi connectivity index (χ0v) is 14.7. The van der Waals surface area contributed by atoms with Gasteiger partial charge in [-0.1, -0.05) is 36.4 Å². The van der Waals surface area contributed by atoms with Gasteiger partial charge in [-0.15, -0.1) is 0 Å². The van der Waals surface area contributed by atoms with E-state index in [4.69, 9.17) is 4.74 Å². The molecule has 0 aromatic heterocycles. The van der Waals surface area contributed by atoms with E-state index < -0.39 is 10.9 Å². The number of benzene rings is 3. The average Bonchev–Trinajstić information content (AvgIpc) is 2.57. The lowest BCUT2D eigenvalue weighted by Gasteiger charge is -2.25. The standard InChI is InChI=1S/C21H22OS/c1-16-14-20(15-17(2)21(16)22-3)23(18-10-6-4-7-11-18)19-12-8-5-9-13-19/h4-15,23H,1-3H3. The normalized spacial score (nSPS) is 11.2. The fraction of sp³-hybridized carbons (Fsp3) is 0.143. The predicted molar refractivity (Wildman–Crippen MR) is 99.1 cm³/mol. The quantitative estimate of drug-likeness (QED) is 0.598. The van der Waals surface area contributed by atoms with Crippen molar-refractivity contribution in [2.45, 2.75) is 28.5 Å². The first-order chi connectivity index (χ1) is 11.2. The molecular weight excluding hydrogens is 300 g/mol. The molecule has 3 aromatic rings. The smallest absolute Gasteiger partial charge is 0.124 e. The fourth-order valence-corrected chi connectivity index (χ4v) is 5.46. The van der Waals surface area contributed by atoms with Gasteiger partial charge in [0.1, 0.15) is 5.75 Å². The molecule has 0 fully saturated rings. The van der Waals surface area contributed by atoms with E-state index in [1.807, 2.05) is 0 Å². The number of rotatable bonds is 4. The van der Waals surface area contributed by atoms with Crippen molar-refractivity contribution >= 4 is 10.9 Å². The van der Waals surface area contributed by atoms with Crippen LogP contribution in [0.2, 0.25) is 0 Å². The van der Waals surface area contributed by atoms with Crippen molar-refractivity contribution in [1.29, 1.82) is 0 Å². The molecule has 0 spiro atoms. The van der Waals surface area contributed by atoms with Crippen LogP contribution in [0.5, 0.6) is 5.75 Å². The van der Waals surface area contributed by atoms with Crippen LogP contribution in [-0.4, -0.2) is 7.11 Å². The number of aryl methyl sites for hydroxylation is 2. The van der Waals surface area contributed by atoms with Gasteiger partial charge in [-0.25, -0.2) is 0 Å². The highest BCUT2D eigenvalue weighted by Gasteiger charge is 2.15. The highest BCUT2D eigenvalue weighted by molar-refractivity contribution is 8.17. The number of ether oxygens (including phenoxy) is 1. The highest BCUT2D eigenvalue weighted by atomic mass is 32.2. The summed E-state index contributed by atoms with van der Waals surface area (Å²) in [6.07, 6.45) is 0. The van der Waals surface area contributed by atoms with Crippen molar-refractivity contribution < 1.29 is 4.74 Å². The van der Waals surface area contributed by atoms with Gasteiger partial charge in [-0.2, -0.15) is 10.9 Å². The van der Waals surface area contributed by atoms with E-state index in [1.54, 1.807) is 7.11 Å². The maximum atomic E-state index is 5.53. The summed E-state index contributed by atoms with van der Waals surface area (Å²) in [6.45, 7) is 4.25. The van der Waals surface area contributed by atoms with Crippen LogP contribution >= 0.6 is 10.9 Å². The van der Waals surface area contributed by atoms with Gasteiger partial charge in [0, 0.05) is 0 Å². The first-order valence-corrected chi connectivity index (χ1v) is 9.10. The number of thiol groups is 1. The van der Waals surface area contributed by atoms with E-state index in [0.29, 0.717) is 0 Å². The van der Waals surface area contributed by atoms with Crippen LogP contribution in [0.25, 0.3) is 0 Å². The van der Waals surface area contributed by atoms with Gasteiger partial charge >= 0.3 is 0 Å². The largest absolute Gasteiger partial charge is 0.496 e. The minimum Gasteiger partial charge on any atom is -0.496 e. The Hall–Kier alpha value is -2.19. The van der Waals surface area contributed by atoms with E-state index in [0.717, 1.165) is 5.75 Å². The van der Waals surface area contributed by atoms with Gasteiger partial charge in [-0.05, 0) is 76.1 Å². The van der Waals surface area contributed by atoms with Crippen molar-refractivity contribution in [2.75, 3.05) is 7.11 Å². The molecule has 0 aliphatic carbocycles. The maximum Gasteiger partial charge on any atom is 0.124 e. The van der Waals surface area contributed by atoms with Crippen molar-refractivity contribution in [3.8, 4) is 5.75 Å². The maximum absolute atomic E-state index is 5.53. The second-order valence-electron chi connectivity index (χ2n) is 5.62. The van der Waals surface area contributed by atoms with E-state index in [1.165, 1.54) is 25.8 Å². The minimum atomic E-state index is -0.551. The summed E-state index contributed by atoms with van der Waals surface area (Å²) in [5.41, 5.74) is 2.39. The van der Waals surface area contributed by atoms with Crippen LogP contribution in [0.3, 0.4) is 0 Å². The second kappa shape index (κ2) is 6.93. The van der Waals surface area contributed by atoms with Crippen molar-refractivity contribution in [3.63, 3.8) is 0 Å². The summed E-state index contributed by atoms with van der Waals surface area (Å²) in [6, 6.07) is 26.1. The van der Waals surface area contributed by atoms with Gasteiger partial charge in [0.15, 0.2) is 0 Å². The number of hydrogen-bond acceptors (Lipinski definition) is 1. The van der Waals surface area contributed by atoms with Crippen molar-refractivity contribution in [3.05, 3.63) is 83.9 Å². The van der Waals surface area contributed by atoms with Crippen LogP contribution in [0, 0.1) is 13.8 Å². The molecule has 0 aliphatic rings. The first kappa shape index (κ1) is 15.7. The minimum absolute atomic E-state index is 0.551. The Morgan fingerprint density at radius 1 is 0.652 bits per heavy atom. The summed E-state index contributed by atoms with van der Waals surface area (Å²) in [7, 11) is 1.19. The number of methoxy groups -OCH3 is 1. The lowest BCUT2D eigenvalue weighted by molar-refractivity contribution is 0.408. The molecule has 0 unspecified atom stereocenters. The lowest BCUT2D eigenvalue weighted by atomic mass is 10.1. The Bertz CT molecular complexity index is 719. The molecule has 0 radical (unpaired) electrons. The summed E-state index contributed by atoms with van der Waals surface area (Å²) in [5.74, 6) is 0.991. The molecule has 0 atom stereocenters.